The number of nitrogens with two attached hydrogens (primary N) is 1. The summed E-state index contributed by atoms with van der Waals surface area (Å²) in [4.78, 5) is 11.6. The molecule has 7 nitrogen and oxygen atoms in total. The molecule has 2 aromatic rings. The minimum Gasteiger partial charge on any atom is -0.506 e. The summed E-state index contributed by atoms with van der Waals surface area (Å²) in [5, 5.41) is 12.4. The summed E-state index contributed by atoms with van der Waals surface area (Å²) in [5.41, 5.74) is 6.36. The molecule has 128 valence electrons. The number of aromatic hydroxyl groups is 1. The van der Waals surface area contributed by atoms with Gasteiger partial charge in [0.05, 0.1) is 10.6 Å². The van der Waals surface area contributed by atoms with Crippen LogP contribution in [0, 0.1) is 5.92 Å². The molecule has 0 aliphatic carbocycles. The fourth-order valence-corrected chi connectivity index (χ4v) is 2.92. The highest BCUT2D eigenvalue weighted by atomic mass is 32.2. The third-order valence-electron chi connectivity index (χ3n) is 3.22. The molecular formula is C16H19N3O4S. The van der Waals surface area contributed by atoms with E-state index in [1.54, 1.807) is 13.8 Å². The van der Waals surface area contributed by atoms with E-state index >= 15 is 0 Å². The number of phenolic OH excluding ortho intramolecular Hbond substituents is 1. The first kappa shape index (κ1) is 17.6. The number of anilines is 3. The monoisotopic (exact) mass is 349 g/mol. The van der Waals surface area contributed by atoms with E-state index < -0.39 is 10.0 Å². The third kappa shape index (κ3) is 4.17. The van der Waals surface area contributed by atoms with Crippen LogP contribution in [0.25, 0.3) is 0 Å². The van der Waals surface area contributed by atoms with Gasteiger partial charge in [0.1, 0.15) is 5.75 Å². The largest absolute Gasteiger partial charge is 0.506 e. The Morgan fingerprint density at radius 2 is 1.75 bits per heavy atom. The lowest BCUT2D eigenvalue weighted by atomic mass is 10.2. The first-order chi connectivity index (χ1) is 11.2. The lowest BCUT2D eigenvalue weighted by Gasteiger charge is -2.11. The SMILES string of the molecule is CC(C)C(=O)Nc1ccc(S(=O)(=O)Nc2ccc(N)cc2O)cc1. The Morgan fingerprint density at radius 3 is 2.29 bits per heavy atom. The zero-order chi connectivity index (χ0) is 17.9. The Morgan fingerprint density at radius 1 is 1.12 bits per heavy atom. The van der Waals surface area contributed by atoms with Crippen LogP contribution in [0.15, 0.2) is 47.4 Å². The van der Waals surface area contributed by atoms with Gasteiger partial charge in [-0.2, -0.15) is 0 Å². The topological polar surface area (TPSA) is 122 Å². The molecule has 0 saturated carbocycles. The van der Waals surface area contributed by atoms with Crippen molar-refractivity contribution < 1.29 is 18.3 Å². The Kier molecular flexibility index (Phi) is 4.99. The summed E-state index contributed by atoms with van der Waals surface area (Å²) in [6.45, 7) is 3.52. The Bertz CT molecular complexity index is 846. The summed E-state index contributed by atoms with van der Waals surface area (Å²) in [5.74, 6) is -0.599. The van der Waals surface area contributed by atoms with Crippen LogP contribution in [0.3, 0.4) is 0 Å². The summed E-state index contributed by atoms with van der Waals surface area (Å²) in [7, 11) is -3.87. The minimum absolute atomic E-state index is 0.00118. The van der Waals surface area contributed by atoms with Gasteiger partial charge in [0.25, 0.3) is 10.0 Å². The molecule has 5 N–H and O–H groups in total. The molecule has 2 rings (SSSR count). The maximum atomic E-state index is 12.3. The van der Waals surface area contributed by atoms with Crippen molar-refractivity contribution in [2.75, 3.05) is 15.8 Å². The normalized spacial score (nSPS) is 11.3. The van der Waals surface area contributed by atoms with Crippen molar-refractivity contribution in [1.29, 1.82) is 0 Å². The van der Waals surface area contributed by atoms with E-state index in [9.17, 15) is 18.3 Å². The number of sulfonamides is 1. The summed E-state index contributed by atoms with van der Waals surface area (Å²) >= 11 is 0. The van der Waals surface area contributed by atoms with Gasteiger partial charge in [0.15, 0.2) is 0 Å². The van der Waals surface area contributed by atoms with Crippen LogP contribution in [-0.4, -0.2) is 19.4 Å². The number of phenols is 1. The van der Waals surface area contributed by atoms with E-state index in [2.05, 4.69) is 10.0 Å². The molecule has 0 unspecified atom stereocenters. The molecule has 8 heteroatoms. The predicted octanol–water partition coefficient (Wildman–Crippen LogP) is 2.37. The van der Waals surface area contributed by atoms with Crippen LogP contribution in [0.2, 0.25) is 0 Å². The second-order valence-corrected chi connectivity index (χ2v) is 7.23. The maximum absolute atomic E-state index is 12.3. The first-order valence-corrected chi connectivity index (χ1v) is 8.69. The highest BCUT2D eigenvalue weighted by Crippen LogP contribution is 2.28. The number of nitrogen functional groups attached to an aromatic ring is 1. The Hall–Kier alpha value is -2.74. The van der Waals surface area contributed by atoms with Crippen molar-refractivity contribution in [3.05, 3.63) is 42.5 Å². The molecule has 0 radical (unpaired) electrons. The fourth-order valence-electron chi connectivity index (χ4n) is 1.84. The number of carbonyl (C=O) groups excluding carboxylic acids is 1. The van der Waals surface area contributed by atoms with Gasteiger partial charge in [-0.3, -0.25) is 9.52 Å². The number of hydrogen-bond acceptors (Lipinski definition) is 5. The van der Waals surface area contributed by atoms with Crippen LogP contribution >= 0.6 is 0 Å². The number of carbonyl (C=O) groups is 1. The molecule has 0 spiro atoms. The van der Waals surface area contributed by atoms with Crippen molar-refractivity contribution in [2.45, 2.75) is 18.7 Å². The van der Waals surface area contributed by atoms with E-state index in [1.165, 1.54) is 42.5 Å². The zero-order valence-corrected chi connectivity index (χ0v) is 14.1. The quantitative estimate of drug-likeness (QED) is 0.488. The van der Waals surface area contributed by atoms with E-state index in [-0.39, 0.29) is 28.2 Å². The molecule has 0 aromatic heterocycles. The molecule has 0 saturated heterocycles. The van der Waals surface area contributed by atoms with Crippen molar-refractivity contribution in [2.24, 2.45) is 5.92 Å². The Labute approximate surface area is 140 Å². The summed E-state index contributed by atoms with van der Waals surface area (Å²) in [6.07, 6.45) is 0. The average Bonchev–Trinajstić information content (AvgIpc) is 2.50. The number of nitrogens with one attached hydrogen (secondary N) is 2. The third-order valence-corrected chi connectivity index (χ3v) is 4.60. The second kappa shape index (κ2) is 6.79. The second-order valence-electron chi connectivity index (χ2n) is 5.55. The lowest BCUT2D eigenvalue weighted by molar-refractivity contribution is -0.118. The zero-order valence-electron chi connectivity index (χ0n) is 13.3. The highest BCUT2D eigenvalue weighted by molar-refractivity contribution is 7.92. The van der Waals surface area contributed by atoms with Crippen molar-refractivity contribution in [3.63, 3.8) is 0 Å². The molecule has 0 fully saturated rings. The smallest absolute Gasteiger partial charge is 0.262 e. The van der Waals surface area contributed by atoms with Gasteiger partial charge >= 0.3 is 0 Å². The van der Waals surface area contributed by atoms with Gasteiger partial charge in [-0.25, -0.2) is 8.42 Å². The maximum Gasteiger partial charge on any atom is 0.262 e. The van der Waals surface area contributed by atoms with E-state index in [0.717, 1.165) is 0 Å². The lowest BCUT2D eigenvalue weighted by Crippen LogP contribution is -2.18. The number of benzene rings is 2. The van der Waals surface area contributed by atoms with Gasteiger partial charge in [0.2, 0.25) is 5.91 Å². The van der Waals surface area contributed by atoms with Crippen LogP contribution in [-0.2, 0) is 14.8 Å². The van der Waals surface area contributed by atoms with Gasteiger partial charge in [-0.05, 0) is 36.4 Å². The van der Waals surface area contributed by atoms with Crippen LogP contribution in [0.1, 0.15) is 13.8 Å². The number of hydrogen-bond donors (Lipinski definition) is 4. The molecular weight excluding hydrogens is 330 g/mol. The average molecular weight is 349 g/mol. The Balaban J connectivity index is 2.19. The van der Waals surface area contributed by atoms with Gasteiger partial charge < -0.3 is 16.2 Å². The predicted molar refractivity (Wildman–Crippen MR) is 93.2 cm³/mol. The van der Waals surface area contributed by atoms with Crippen LogP contribution < -0.4 is 15.8 Å². The van der Waals surface area contributed by atoms with E-state index in [0.29, 0.717) is 11.4 Å². The van der Waals surface area contributed by atoms with Crippen molar-refractivity contribution in [1.82, 2.24) is 0 Å². The van der Waals surface area contributed by atoms with Crippen LogP contribution in [0.5, 0.6) is 5.75 Å². The molecule has 0 bridgehead atoms. The molecule has 0 atom stereocenters. The van der Waals surface area contributed by atoms with Gasteiger partial charge in [-0.1, -0.05) is 13.8 Å². The van der Waals surface area contributed by atoms with Gasteiger partial charge in [0, 0.05) is 23.4 Å². The van der Waals surface area contributed by atoms with Crippen molar-refractivity contribution >= 4 is 33.0 Å². The fraction of sp³-hybridized carbons (Fsp3) is 0.188. The molecule has 1 amide bonds. The first-order valence-electron chi connectivity index (χ1n) is 7.21. The molecule has 0 heterocycles. The molecule has 0 aliphatic rings. The molecule has 24 heavy (non-hydrogen) atoms. The van der Waals surface area contributed by atoms with Gasteiger partial charge in [-0.15, -0.1) is 0 Å². The van der Waals surface area contributed by atoms with E-state index in [1.807, 2.05) is 0 Å². The van der Waals surface area contributed by atoms with E-state index in [4.69, 9.17) is 5.73 Å². The molecule has 2 aromatic carbocycles. The minimum atomic E-state index is -3.87. The number of rotatable bonds is 5. The van der Waals surface area contributed by atoms with Crippen molar-refractivity contribution in [3.8, 4) is 5.75 Å². The standard InChI is InChI=1S/C16H19N3O4S/c1-10(2)16(21)18-12-4-6-13(7-5-12)24(22,23)19-14-8-3-11(17)9-15(14)20/h3-10,19-20H,17H2,1-2H3,(H,18,21). The number of amides is 1. The summed E-state index contributed by atoms with van der Waals surface area (Å²) in [6, 6.07) is 9.83. The van der Waals surface area contributed by atoms with Crippen LogP contribution in [0.4, 0.5) is 17.1 Å². The summed E-state index contributed by atoms with van der Waals surface area (Å²) < 4.78 is 27.0. The highest BCUT2D eigenvalue weighted by Gasteiger charge is 2.16. The molecule has 0 aliphatic heterocycles.